The van der Waals surface area contributed by atoms with E-state index in [0.29, 0.717) is 30.9 Å². The van der Waals surface area contributed by atoms with Crippen LogP contribution in [0, 0.1) is 5.82 Å². The molecule has 1 aliphatic heterocycles. The average Bonchev–Trinajstić information content (AvgIpc) is 3.58. The van der Waals surface area contributed by atoms with Gasteiger partial charge in [0.25, 0.3) is 0 Å². The fraction of sp³-hybridized carbons (Fsp3) is 0.267. The van der Waals surface area contributed by atoms with Gasteiger partial charge in [0, 0.05) is 25.6 Å². The second kappa shape index (κ2) is 12.6. The number of nitrogens with zero attached hydrogens (tertiary/aromatic N) is 4. The quantitative estimate of drug-likeness (QED) is 0.287. The maximum atomic E-state index is 15.1. The van der Waals surface area contributed by atoms with E-state index in [1.807, 2.05) is 54.7 Å². The second-order valence-corrected chi connectivity index (χ2v) is 9.77. The van der Waals surface area contributed by atoms with Crippen LogP contribution >= 0.6 is 0 Å². The Kier molecular flexibility index (Phi) is 8.54. The number of carbonyl (C=O) groups is 2. The molecule has 1 aromatic heterocycles. The summed E-state index contributed by atoms with van der Waals surface area (Å²) in [5, 5.41) is 14.4. The lowest BCUT2D eigenvalue weighted by atomic mass is 10.0. The van der Waals surface area contributed by atoms with E-state index in [-0.39, 0.29) is 19.0 Å². The Morgan fingerprint density at radius 3 is 2.54 bits per heavy atom. The topological polar surface area (TPSA) is 111 Å². The second-order valence-electron chi connectivity index (χ2n) is 9.77. The highest BCUT2D eigenvalue weighted by Crippen LogP contribution is 2.29. The zero-order valence-corrected chi connectivity index (χ0v) is 22.8. The number of ether oxygens (including phenoxy) is 2. The van der Waals surface area contributed by atoms with Crippen molar-refractivity contribution in [3.63, 3.8) is 0 Å². The van der Waals surface area contributed by atoms with Crippen molar-refractivity contribution in [2.24, 2.45) is 0 Å². The molecule has 0 aliphatic carbocycles. The number of anilines is 1. The zero-order chi connectivity index (χ0) is 28.8. The van der Waals surface area contributed by atoms with E-state index in [4.69, 9.17) is 9.47 Å². The summed E-state index contributed by atoms with van der Waals surface area (Å²) in [6.07, 6.45) is 0.864. The van der Waals surface area contributed by atoms with Gasteiger partial charge in [-0.05, 0) is 47.0 Å². The molecule has 1 unspecified atom stereocenters. The Labute approximate surface area is 237 Å². The fourth-order valence-electron chi connectivity index (χ4n) is 4.55. The summed E-state index contributed by atoms with van der Waals surface area (Å²) in [5.74, 6) is 0.167. The summed E-state index contributed by atoms with van der Waals surface area (Å²) >= 11 is 0. The van der Waals surface area contributed by atoms with E-state index < -0.39 is 18.0 Å². The molecule has 2 heterocycles. The van der Waals surface area contributed by atoms with Crippen LogP contribution in [0.5, 0.6) is 5.75 Å². The monoisotopic (exact) mass is 558 g/mol. The van der Waals surface area contributed by atoms with Crippen molar-refractivity contribution in [1.82, 2.24) is 25.6 Å². The Balaban J connectivity index is 1.13. The molecule has 0 saturated carbocycles. The van der Waals surface area contributed by atoms with E-state index in [2.05, 4.69) is 20.9 Å². The molecule has 2 amide bonds. The molecular weight excluding hydrogens is 527 g/mol. The SMILES string of the molecule is COc1ccc(Cn2cc(CNCc3ccc(-c4ccc(N5CC(CNC(C)=O)OC5=O)cc4F)cc3)nn2)cc1. The number of aromatic nitrogens is 3. The number of halogens is 1. The summed E-state index contributed by atoms with van der Waals surface area (Å²) < 4.78 is 27.3. The van der Waals surface area contributed by atoms with Gasteiger partial charge in [-0.25, -0.2) is 13.9 Å². The lowest BCUT2D eigenvalue weighted by Crippen LogP contribution is -2.33. The maximum Gasteiger partial charge on any atom is 0.414 e. The highest BCUT2D eigenvalue weighted by molar-refractivity contribution is 5.90. The van der Waals surface area contributed by atoms with Gasteiger partial charge in [-0.2, -0.15) is 0 Å². The van der Waals surface area contributed by atoms with Crippen molar-refractivity contribution >= 4 is 17.7 Å². The third kappa shape index (κ3) is 7.06. The number of carbonyl (C=O) groups excluding carboxylic acids is 2. The first-order chi connectivity index (χ1) is 19.9. The van der Waals surface area contributed by atoms with Crippen LogP contribution in [0.25, 0.3) is 11.1 Å². The van der Waals surface area contributed by atoms with E-state index in [1.54, 1.807) is 23.9 Å². The molecule has 4 aromatic rings. The number of rotatable bonds is 11. The van der Waals surface area contributed by atoms with Gasteiger partial charge in [-0.1, -0.05) is 41.6 Å². The molecule has 1 fully saturated rings. The summed E-state index contributed by atoms with van der Waals surface area (Å²) in [4.78, 5) is 24.7. The first-order valence-corrected chi connectivity index (χ1v) is 13.2. The van der Waals surface area contributed by atoms with Crippen molar-refractivity contribution in [2.75, 3.05) is 25.1 Å². The van der Waals surface area contributed by atoms with Gasteiger partial charge in [0.15, 0.2) is 0 Å². The van der Waals surface area contributed by atoms with E-state index in [1.165, 1.54) is 17.9 Å². The molecule has 0 radical (unpaired) electrons. The van der Waals surface area contributed by atoms with Crippen molar-refractivity contribution in [3.8, 4) is 16.9 Å². The largest absolute Gasteiger partial charge is 0.497 e. The van der Waals surface area contributed by atoms with Crippen LogP contribution in [0.1, 0.15) is 23.7 Å². The molecule has 1 aliphatic rings. The predicted molar refractivity (Wildman–Crippen MR) is 151 cm³/mol. The Bertz CT molecular complexity index is 1510. The molecular formula is C30H31FN6O4. The molecule has 11 heteroatoms. The fourth-order valence-corrected chi connectivity index (χ4v) is 4.55. The Morgan fingerprint density at radius 2 is 1.83 bits per heavy atom. The number of methoxy groups -OCH3 is 1. The van der Waals surface area contributed by atoms with Crippen LogP contribution in [0.15, 0.2) is 72.9 Å². The molecule has 1 atom stereocenters. The summed E-state index contributed by atoms with van der Waals surface area (Å²) in [5.41, 5.74) is 4.55. The normalized spacial score (nSPS) is 14.7. The number of hydrogen-bond acceptors (Lipinski definition) is 7. The average molecular weight is 559 g/mol. The van der Waals surface area contributed by atoms with Crippen molar-refractivity contribution in [1.29, 1.82) is 0 Å². The lowest BCUT2D eigenvalue weighted by molar-refractivity contribution is -0.119. The molecule has 41 heavy (non-hydrogen) atoms. The maximum absolute atomic E-state index is 15.1. The molecule has 212 valence electrons. The van der Waals surface area contributed by atoms with Crippen LogP contribution in [-0.2, 0) is 29.2 Å². The van der Waals surface area contributed by atoms with Crippen LogP contribution in [0.3, 0.4) is 0 Å². The standard InChI is InChI=1S/C30H31FN6O4/c1-20(38)33-16-27-19-37(30(39)41-27)25-9-12-28(29(31)13-25)23-7-3-21(4-8-23)14-32-15-24-18-36(35-34-24)17-22-5-10-26(40-2)11-6-22/h3-13,18,27,32H,14-17,19H2,1-2H3,(H,33,38). The number of amides is 2. The van der Waals surface area contributed by atoms with E-state index in [9.17, 15) is 9.59 Å². The van der Waals surface area contributed by atoms with Gasteiger partial charge in [-0.3, -0.25) is 9.69 Å². The molecule has 5 rings (SSSR count). The minimum atomic E-state index is -0.566. The Morgan fingerprint density at radius 1 is 1.07 bits per heavy atom. The molecule has 0 spiro atoms. The predicted octanol–water partition coefficient (Wildman–Crippen LogP) is 3.89. The van der Waals surface area contributed by atoms with Crippen molar-refractivity contribution in [3.05, 3.63) is 95.6 Å². The summed E-state index contributed by atoms with van der Waals surface area (Å²) in [6.45, 7) is 3.64. The van der Waals surface area contributed by atoms with Gasteiger partial charge >= 0.3 is 6.09 Å². The third-order valence-corrected chi connectivity index (χ3v) is 6.71. The molecule has 2 N–H and O–H groups in total. The molecule has 10 nitrogen and oxygen atoms in total. The Hall–Kier alpha value is -4.77. The third-order valence-electron chi connectivity index (χ3n) is 6.71. The number of nitrogens with one attached hydrogen (secondary N) is 2. The molecule has 1 saturated heterocycles. The number of cyclic esters (lactones) is 1. The molecule has 3 aromatic carbocycles. The minimum Gasteiger partial charge on any atom is -0.497 e. The number of hydrogen-bond donors (Lipinski definition) is 2. The van der Waals surface area contributed by atoms with Crippen molar-refractivity contribution in [2.45, 2.75) is 32.7 Å². The van der Waals surface area contributed by atoms with Gasteiger partial charge in [-0.15, -0.1) is 5.10 Å². The van der Waals surface area contributed by atoms with Gasteiger partial charge < -0.3 is 20.1 Å². The van der Waals surface area contributed by atoms with Gasteiger partial charge in [0.05, 0.1) is 44.3 Å². The highest BCUT2D eigenvalue weighted by Gasteiger charge is 2.32. The first kappa shape index (κ1) is 27.8. The smallest absolute Gasteiger partial charge is 0.414 e. The van der Waals surface area contributed by atoms with Crippen LogP contribution < -0.4 is 20.3 Å². The van der Waals surface area contributed by atoms with Crippen LogP contribution in [0.2, 0.25) is 0 Å². The zero-order valence-electron chi connectivity index (χ0n) is 22.8. The van der Waals surface area contributed by atoms with E-state index in [0.717, 1.165) is 28.1 Å². The van der Waals surface area contributed by atoms with Crippen molar-refractivity contribution < 1.29 is 23.5 Å². The van der Waals surface area contributed by atoms with Gasteiger partial charge in [0.2, 0.25) is 5.91 Å². The summed E-state index contributed by atoms with van der Waals surface area (Å²) in [7, 11) is 1.64. The minimum absolute atomic E-state index is 0.206. The van der Waals surface area contributed by atoms with Gasteiger partial charge in [0.1, 0.15) is 17.7 Å². The van der Waals surface area contributed by atoms with Crippen LogP contribution in [-0.4, -0.2) is 53.3 Å². The lowest BCUT2D eigenvalue weighted by Gasteiger charge is -2.15. The number of benzene rings is 3. The molecule has 0 bridgehead atoms. The highest BCUT2D eigenvalue weighted by atomic mass is 19.1. The van der Waals surface area contributed by atoms with Crippen LogP contribution in [0.4, 0.5) is 14.9 Å². The van der Waals surface area contributed by atoms with E-state index >= 15 is 4.39 Å². The summed E-state index contributed by atoms with van der Waals surface area (Å²) in [6, 6.07) is 20.1. The first-order valence-electron chi connectivity index (χ1n) is 13.2.